The van der Waals surface area contributed by atoms with Crippen molar-refractivity contribution in [3.8, 4) is 0 Å². The van der Waals surface area contributed by atoms with E-state index in [1.54, 1.807) is 0 Å². The van der Waals surface area contributed by atoms with Crippen molar-refractivity contribution in [3.63, 3.8) is 0 Å². The number of hydrogen-bond donors (Lipinski definition) is 2. The van der Waals surface area contributed by atoms with Crippen molar-refractivity contribution in [1.29, 1.82) is 0 Å². The van der Waals surface area contributed by atoms with Crippen LogP contribution in [0.3, 0.4) is 0 Å². The van der Waals surface area contributed by atoms with Crippen LogP contribution in [0.2, 0.25) is 0 Å². The molecule has 0 atom stereocenters. The third-order valence-electron chi connectivity index (χ3n) is 3.59. The number of benzene rings is 1. The van der Waals surface area contributed by atoms with Crippen LogP contribution in [0.5, 0.6) is 0 Å². The molecule has 4 heteroatoms. The van der Waals surface area contributed by atoms with Crippen molar-refractivity contribution in [2.75, 3.05) is 31.5 Å². The fourth-order valence-electron chi connectivity index (χ4n) is 2.31. The van der Waals surface area contributed by atoms with Gasteiger partial charge in [-0.05, 0) is 25.2 Å². The molecule has 108 valence electrons. The van der Waals surface area contributed by atoms with Gasteiger partial charge in [-0.25, -0.2) is 4.98 Å². The highest BCUT2D eigenvalue weighted by Gasteiger charge is 2.06. The Bertz CT molecular complexity index is 552. The summed E-state index contributed by atoms with van der Waals surface area (Å²) in [4.78, 5) is 6.96. The predicted octanol–water partition coefficient (Wildman–Crippen LogP) is 2.48. The second-order valence-electron chi connectivity index (χ2n) is 4.80. The average molecular weight is 273 g/mol. The average Bonchev–Trinajstić information content (AvgIpc) is 2.50. The molecule has 0 aliphatic carbocycles. The summed E-state index contributed by atoms with van der Waals surface area (Å²) in [5.41, 5.74) is 1.80. The lowest BCUT2D eigenvalue weighted by Gasteiger charge is -2.19. The monoisotopic (exact) mass is 273 g/mol. The zero-order valence-corrected chi connectivity index (χ0v) is 12.3. The normalized spacial score (nSPS) is 11.2. The first kappa shape index (κ1) is 14.8. The van der Waals surface area contributed by atoms with E-state index in [0.717, 1.165) is 48.5 Å². The van der Waals surface area contributed by atoms with Crippen LogP contribution in [0.25, 0.3) is 10.9 Å². The van der Waals surface area contributed by atoms with E-state index in [-0.39, 0.29) is 6.61 Å². The summed E-state index contributed by atoms with van der Waals surface area (Å²) < 4.78 is 0. The molecule has 2 aromatic rings. The van der Waals surface area contributed by atoms with E-state index >= 15 is 0 Å². The first-order valence-corrected chi connectivity index (χ1v) is 7.24. The van der Waals surface area contributed by atoms with Crippen LogP contribution >= 0.6 is 0 Å². The quantitative estimate of drug-likeness (QED) is 0.813. The number of fused-ring (bicyclic) bond motifs is 1. The van der Waals surface area contributed by atoms with Crippen LogP contribution in [0.4, 0.5) is 5.82 Å². The maximum atomic E-state index is 9.49. The zero-order valence-electron chi connectivity index (χ0n) is 12.3. The number of aromatic nitrogens is 1. The predicted molar refractivity (Wildman–Crippen MR) is 83.9 cm³/mol. The van der Waals surface area contributed by atoms with Gasteiger partial charge in [-0.1, -0.05) is 32.0 Å². The van der Waals surface area contributed by atoms with Crippen molar-refractivity contribution in [2.24, 2.45) is 0 Å². The number of nitrogens with zero attached hydrogens (tertiary/aromatic N) is 2. The van der Waals surface area contributed by atoms with Gasteiger partial charge < -0.3 is 15.3 Å². The maximum Gasteiger partial charge on any atom is 0.132 e. The lowest BCUT2D eigenvalue weighted by Crippen LogP contribution is -2.29. The molecular weight excluding hydrogens is 250 g/mol. The molecule has 0 spiro atoms. The summed E-state index contributed by atoms with van der Waals surface area (Å²) in [6.45, 7) is 8.25. The Kier molecular flexibility index (Phi) is 5.32. The lowest BCUT2D eigenvalue weighted by molar-refractivity contribution is 0.282. The van der Waals surface area contributed by atoms with Gasteiger partial charge in [0.15, 0.2) is 0 Å². The molecule has 0 aliphatic heterocycles. The minimum Gasteiger partial charge on any atom is -0.392 e. The zero-order chi connectivity index (χ0) is 14.4. The molecule has 0 saturated heterocycles. The van der Waals surface area contributed by atoms with Gasteiger partial charge in [-0.2, -0.15) is 0 Å². The summed E-state index contributed by atoms with van der Waals surface area (Å²) in [6, 6.07) is 9.97. The van der Waals surface area contributed by atoms with Crippen molar-refractivity contribution < 1.29 is 5.11 Å². The van der Waals surface area contributed by atoms with Gasteiger partial charge in [-0.3, -0.25) is 0 Å². The van der Waals surface area contributed by atoms with Crippen LogP contribution in [-0.4, -0.2) is 41.2 Å². The summed E-state index contributed by atoms with van der Waals surface area (Å²) in [5, 5.41) is 13.9. The van der Waals surface area contributed by atoms with Gasteiger partial charge in [0, 0.05) is 24.0 Å². The number of aliphatic hydroxyl groups excluding tert-OH is 1. The van der Waals surface area contributed by atoms with E-state index in [2.05, 4.69) is 29.0 Å². The van der Waals surface area contributed by atoms with Gasteiger partial charge in [0.1, 0.15) is 5.82 Å². The highest BCUT2D eigenvalue weighted by atomic mass is 16.3. The highest BCUT2D eigenvalue weighted by molar-refractivity contribution is 5.81. The number of hydrogen-bond acceptors (Lipinski definition) is 4. The van der Waals surface area contributed by atoms with E-state index in [0.29, 0.717) is 0 Å². The number of rotatable bonds is 7. The van der Waals surface area contributed by atoms with E-state index in [4.69, 9.17) is 0 Å². The molecule has 1 aromatic carbocycles. The van der Waals surface area contributed by atoms with Crippen molar-refractivity contribution in [1.82, 2.24) is 9.88 Å². The smallest absolute Gasteiger partial charge is 0.132 e. The van der Waals surface area contributed by atoms with E-state index in [1.165, 1.54) is 0 Å². The molecule has 1 heterocycles. The summed E-state index contributed by atoms with van der Waals surface area (Å²) in [6.07, 6.45) is 0. The molecule has 20 heavy (non-hydrogen) atoms. The molecule has 2 N–H and O–H groups in total. The number of likely N-dealkylation sites (N-methyl/N-ethyl adjacent to an activating group) is 1. The minimum absolute atomic E-state index is 0.00539. The first-order chi connectivity index (χ1) is 9.78. The molecule has 0 aliphatic rings. The van der Waals surface area contributed by atoms with Crippen LogP contribution in [-0.2, 0) is 6.61 Å². The van der Waals surface area contributed by atoms with Crippen molar-refractivity contribution in [2.45, 2.75) is 20.5 Å². The molecule has 0 fully saturated rings. The standard InChI is InChI=1S/C16H23N3O/c1-3-19(4-2)10-9-17-16-14(12-20)11-13-7-5-6-8-15(13)18-16/h5-8,11,20H,3-4,9-10,12H2,1-2H3,(H,17,18). The molecule has 0 radical (unpaired) electrons. The van der Waals surface area contributed by atoms with Gasteiger partial charge in [0.05, 0.1) is 12.1 Å². The Morgan fingerprint density at radius 3 is 2.65 bits per heavy atom. The Balaban J connectivity index is 2.12. The molecule has 0 bridgehead atoms. The number of nitrogens with one attached hydrogen (secondary N) is 1. The van der Waals surface area contributed by atoms with Crippen LogP contribution < -0.4 is 5.32 Å². The number of aliphatic hydroxyl groups is 1. The fraction of sp³-hybridized carbons (Fsp3) is 0.438. The Morgan fingerprint density at radius 2 is 1.95 bits per heavy atom. The van der Waals surface area contributed by atoms with Gasteiger partial charge in [0.2, 0.25) is 0 Å². The van der Waals surface area contributed by atoms with Crippen LogP contribution in [0.1, 0.15) is 19.4 Å². The largest absolute Gasteiger partial charge is 0.392 e. The van der Waals surface area contributed by atoms with Crippen LogP contribution in [0, 0.1) is 0 Å². The molecule has 0 unspecified atom stereocenters. The van der Waals surface area contributed by atoms with Crippen molar-refractivity contribution in [3.05, 3.63) is 35.9 Å². The summed E-state index contributed by atoms with van der Waals surface area (Å²) in [5.74, 6) is 0.790. The second kappa shape index (κ2) is 7.22. The van der Waals surface area contributed by atoms with Gasteiger partial charge in [0.25, 0.3) is 0 Å². The topological polar surface area (TPSA) is 48.4 Å². The van der Waals surface area contributed by atoms with Crippen molar-refractivity contribution >= 4 is 16.7 Å². The Morgan fingerprint density at radius 1 is 1.20 bits per heavy atom. The lowest BCUT2D eigenvalue weighted by atomic mass is 10.1. The van der Waals surface area contributed by atoms with Crippen LogP contribution in [0.15, 0.2) is 30.3 Å². The first-order valence-electron chi connectivity index (χ1n) is 7.24. The molecule has 1 aromatic heterocycles. The summed E-state index contributed by atoms with van der Waals surface area (Å²) in [7, 11) is 0. The highest BCUT2D eigenvalue weighted by Crippen LogP contribution is 2.20. The third-order valence-corrected chi connectivity index (χ3v) is 3.59. The fourth-order valence-corrected chi connectivity index (χ4v) is 2.31. The van der Waals surface area contributed by atoms with Gasteiger partial charge in [-0.15, -0.1) is 0 Å². The van der Waals surface area contributed by atoms with E-state index < -0.39 is 0 Å². The van der Waals surface area contributed by atoms with Gasteiger partial charge >= 0.3 is 0 Å². The SMILES string of the molecule is CCN(CC)CCNc1nc2ccccc2cc1CO. The third kappa shape index (κ3) is 3.46. The number of anilines is 1. The van der Waals surface area contributed by atoms with E-state index in [9.17, 15) is 5.11 Å². The Labute approximate surface area is 120 Å². The van der Waals surface area contributed by atoms with E-state index in [1.807, 2.05) is 30.3 Å². The molecule has 0 saturated carbocycles. The summed E-state index contributed by atoms with van der Waals surface area (Å²) >= 11 is 0. The molecule has 0 amide bonds. The molecular formula is C16H23N3O. The molecule has 2 rings (SSSR count). The minimum atomic E-state index is 0.00539. The molecule has 4 nitrogen and oxygen atoms in total. The second-order valence-corrected chi connectivity index (χ2v) is 4.80. The number of pyridine rings is 1. The Hall–Kier alpha value is -1.65. The maximum absolute atomic E-state index is 9.49. The number of para-hydroxylation sites is 1.